The smallest absolute Gasteiger partial charge is 0.0705 e. The van der Waals surface area contributed by atoms with E-state index in [2.05, 4.69) is 43.6 Å². The van der Waals surface area contributed by atoms with E-state index in [9.17, 15) is 0 Å². The number of rotatable bonds is 5. The lowest BCUT2D eigenvalue weighted by Gasteiger charge is -2.25. The molecule has 0 saturated heterocycles. The lowest BCUT2D eigenvalue weighted by Crippen LogP contribution is -2.26. The number of hydrogen-bond donors (Lipinski definition) is 1. The van der Waals surface area contributed by atoms with Crippen molar-refractivity contribution in [2.45, 2.75) is 39.0 Å². The molecule has 0 saturated carbocycles. The highest BCUT2D eigenvalue weighted by Gasteiger charge is 2.19. The molecule has 1 aliphatic rings. The maximum absolute atomic E-state index is 5.46. The second-order valence-electron chi connectivity index (χ2n) is 5.34. The Morgan fingerprint density at radius 2 is 2.18 bits per heavy atom. The number of benzene rings is 1. The van der Waals surface area contributed by atoms with Crippen molar-refractivity contribution in [1.82, 2.24) is 5.48 Å². The molecule has 1 aromatic carbocycles. The van der Waals surface area contributed by atoms with Crippen molar-refractivity contribution in [3.8, 4) is 0 Å². The van der Waals surface area contributed by atoms with Crippen LogP contribution in [0.3, 0.4) is 0 Å². The van der Waals surface area contributed by atoms with Gasteiger partial charge in [0.15, 0.2) is 0 Å². The predicted molar refractivity (Wildman–Crippen MR) is 70.9 cm³/mol. The zero-order valence-corrected chi connectivity index (χ0v) is 10.9. The summed E-state index contributed by atoms with van der Waals surface area (Å²) in [6.45, 7) is 6.05. The van der Waals surface area contributed by atoms with Gasteiger partial charge in [0.2, 0.25) is 0 Å². The van der Waals surface area contributed by atoms with Gasteiger partial charge in [0.1, 0.15) is 0 Å². The second-order valence-corrected chi connectivity index (χ2v) is 5.34. The minimum absolute atomic E-state index is 0.584. The summed E-state index contributed by atoms with van der Waals surface area (Å²) >= 11 is 0. The van der Waals surface area contributed by atoms with Gasteiger partial charge in [0.25, 0.3) is 0 Å². The Hall–Kier alpha value is -0.860. The van der Waals surface area contributed by atoms with Gasteiger partial charge in [-0.05, 0) is 42.2 Å². The fraction of sp³-hybridized carbons (Fsp3) is 0.600. The SMILES string of the molecule is CC(C)CONCC1CCCc2ccccc21. The fourth-order valence-electron chi connectivity index (χ4n) is 2.45. The molecule has 2 heteroatoms. The summed E-state index contributed by atoms with van der Waals surface area (Å²) in [5, 5.41) is 0. The first-order valence-corrected chi connectivity index (χ1v) is 6.70. The first kappa shape index (κ1) is 12.6. The molecule has 17 heavy (non-hydrogen) atoms. The molecule has 0 radical (unpaired) electrons. The Kier molecular flexibility index (Phi) is 4.57. The molecule has 0 spiro atoms. The largest absolute Gasteiger partial charge is 0.302 e. The average Bonchev–Trinajstić information content (AvgIpc) is 2.34. The molecule has 1 aliphatic carbocycles. The minimum atomic E-state index is 0.584. The van der Waals surface area contributed by atoms with Crippen molar-refractivity contribution < 1.29 is 4.84 Å². The van der Waals surface area contributed by atoms with Crippen molar-refractivity contribution in [1.29, 1.82) is 0 Å². The van der Waals surface area contributed by atoms with Crippen LogP contribution in [0.2, 0.25) is 0 Å². The van der Waals surface area contributed by atoms with Gasteiger partial charge in [0.05, 0.1) is 6.61 Å². The van der Waals surface area contributed by atoms with Crippen molar-refractivity contribution in [3.63, 3.8) is 0 Å². The van der Waals surface area contributed by atoms with E-state index in [0.717, 1.165) is 13.2 Å². The van der Waals surface area contributed by atoms with Crippen LogP contribution in [0.5, 0.6) is 0 Å². The third-order valence-electron chi connectivity index (χ3n) is 3.34. The zero-order valence-electron chi connectivity index (χ0n) is 10.9. The lowest BCUT2D eigenvalue weighted by molar-refractivity contribution is 0.0200. The second kappa shape index (κ2) is 6.18. The molecule has 1 unspecified atom stereocenters. The third-order valence-corrected chi connectivity index (χ3v) is 3.34. The summed E-state index contributed by atoms with van der Waals surface area (Å²) < 4.78 is 0. The molecule has 1 atom stereocenters. The number of nitrogens with one attached hydrogen (secondary N) is 1. The Labute approximate surface area is 104 Å². The Morgan fingerprint density at radius 1 is 1.35 bits per heavy atom. The van der Waals surface area contributed by atoms with Crippen molar-refractivity contribution in [2.75, 3.05) is 13.2 Å². The molecule has 0 aliphatic heterocycles. The van der Waals surface area contributed by atoms with E-state index in [0.29, 0.717) is 11.8 Å². The minimum Gasteiger partial charge on any atom is -0.302 e. The molecule has 1 aromatic rings. The molecule has 2 rings (SSSR count). The zero-order chi connectivity index (χ0) is 12.1. The quantitative estimate of drug-likeness (QED) is 0.622. The molecule has 1 N–H and O–H groups in total. The maximum atomic E-state index is 5.46. The summed E-state index contributed by atoms with van der Waals surface area (Å²) in [6, 6.07) is 8.82. The van der Waals surface area contributed by atoms with Gasteiger partial charge in [-0.3, -0.25) is 0 Å². The third kappa shape index (κ3) is 3.55. The number of fused-ring (bicyclic) bond motifs is 1. The van der Waals surface area contributed by atoms with Crippen LogP contribution in [-0.4, -0.2) is 13.2 Å². The van der Waals surface area contributed by atoms with Crippen LogP contribution in [0.1, 0.15) is 43.7 Å². The highest BCUT2D eigenvalue weighted by Crippen LogP contribution is 2.30. The highest BCUT2D eigenvalue weighted by atomic mass is 16.6. The van der Waals surface area contributed by atoms with Crippen LogP contribution >= 0.6 is 0 Å². The van der Waals surface area contributed by atoms with E-state index in [1.807, 2.05) is 0 Å². The van der Waals surface area contributed by atoms with E-state index in [4.69, 9.17) is 4.84 Å². The molecule has 94 valence electrons. The maximum Gasteiger partial charge on any atom is 0.0705 e. The summed E-state index contributed by atoms with van der Waals surface area (Å²) in [4.78, 5) is 5.46. The van der Waals surface area contributed by atoms with Crippen LogP contribution in [0.15, 0.2) is 24.3 Å². The van der Waals surface area contributed by atoms with Crippen LogP contribution in [0.4, 0.5) is 0 Å². The molecule has 2 nitrogen and oxygen atoms in total. The predicted octanol–water partition coefficient (Wildman–Crippen LogP) is 3.28. The highest BCUT2D eigenvalue weighted by molar-refractivity contribution is 5.32. The first-order chi connectivity index (χ1) is 8.27. The number of aryl methyl sites for hydroxylation is 1. The Morgan fingerprint density at radius 3 is 3.00 bits per heavy atom. The van der Waals surface area contributed by atoms with Gasteiger partial charge in [-0.1, -0.05) is 38.1 Å². The fourth-order valence-corrected chi connectivity index (χ4v) is 2.45. The van der Waals surface area contributed by atoms with E-state index in [1.54, 1.807) is 0 Å². The van der Waals surface area contributed by atoms with E-state index in [-0.39, 0.29) is 0 Å². The normalized spacial score (nSPS) is 19.4. The average molecular weight is 233 g/mol. The molecule has 0 fully saturated rings. The topological polar surface area (TPSA) is 21.3 Å². The van der Waals surface area contributed by atoms with Gasteiger partial charge < -0.3 is 4.84 Å². The van der Waals surface area contributed by atoms with Crippen molar-refractivity contribution in [3.05, 3.63) is 35.4 Å². The van der Waals surface area contributed by atoms with Gasteiger partial charge >= 0.3 is 0 Å². The molecule has 0 aromatic heterocycles. The van der Waals surface area contributed by atoms with E-state index in [1.165, 1.54) is 30.4 Å². The van der Waals surface area contributed by atoms with Gasteiger partial charge in [-0.15, -0.1) is 0 Å². The summed E-state index contributed by atoms with van der Waals surface area (Å²) in [6.07, 6.45) is 3.81. The van der Waals surface area contributed by atoms with Crippen LogP contribution in [0, 0.1) is 5.92 Å². The van der Waals surface area contributed by atoms with Crippen LogP contribution in [-0.2, 0) is 11.3 Å². The summed E-state index contributed by atoms with van der Waals surface area (Å²) in [5.41, 5.74) is 6.16. The molecule has 0 bridgehead atoms. The van der Waals surface area contributed by atoms with Crippen molar-refractivity contribution in [2.24, 2.45) is 5.92 Å². The van der Waals surface area contributed by atoms with Gasteiger partial charge in [0, 0.05) is 6.54 Å². The van der Waals surface area contributed by atoms with E-state index < -0.39 is 0 Å². The van der Waals surface area contributed by atoms with Gasteiger partial charge in [-0.2, -0.15) is 0 Å². The first-order valence-electron chi connectivity index (χ1n) is 6.70. The molecule has 0 heterocycles. The number of hydroxylamine groups is 1. The monoisotopic (exact) mass is 233 g/mol. The van der Waals surface area contributed by atoms with Crippen LogP contribution in [0.25, 0.3) is 0 Å². The summed E-state index contributed by atoms with van der Waals surface area (Å²) in [7, 11) is 0. The standard InChI is InChI=1S/C15H23NO/c1-12(2)11-17-16-10-14-8-5-7-13-6-3-4-9-15(13)14/h3-4,6,9,12,14,16H,5,7-8,10-11H2,1-2H3. The van der Waals surface area contributed by atoms with Crippen molar-refractivity contribution >= 4 is 0 Å². The Bertz CT molecular complexity index is 349. The summed E-state index contributed by atoms with van der Waals surface area (Å²) in [5.74, 6) is 1.20. The molecular formula is C15H23NO. The van der Waals surface area contributed by atoms with E-state index >= 15 is 0 Å². The number of hydrogen-bond acceptors (Lipinski definition) is 2. The molecular weight excluding hydrogens is 210 g/mol. The lowest BCUT2D eigenvalue weighted by atomic mass is 9.83. The van der Waals surface area contributed by atoms with Gasteiger partial charge in [-0.25, -0.2) is 5.48 Å². The Balaban J connectivity index is 1.86. The molecule has 0 amide bonds. The van der Waals surface area contributed by atoms with Crippen LogP contribution < -0.4 is 5.48 Å².